The summed E-state index contributed by atoms with van der Waals surface area (Å²) in [4.78, 5) is 9.08. The lowest BCUT2D eigenvalue weighted by molar-refractivity contribution is 0.583. The van der Waals surface area contributed by atoms with Crippen LogP contribution in [-0.2, 0) is 10.0 Å². The van der Waals surface area contributed by atoms with Crippen LogP contribution in [0, 0.1) is 20.8 Å². The zero-order chi connectivity index (χ0) is 22.0. The minimum atomic E-state index is -3.61. The third kappa shape index (κ3) is 4.73. The number of anilines is 1. The second kappa shape index (κ2) is 8.44. The Morgan fingerprint density at radius 1 is 0.903 bits per heavy atom. The highest BCUT2D eigenvalue weighted by atomic mass is 32.2. The maximum absolute atomic E-state index is 12.6. The van der Waals surface area contributed by atoms with Gasteiger partial charge in [-0.2, -0.15) is 5.10 Å². The van der Waals surface area contributed by atoms with Gasteiger partial charge in [0.25, 0.3) is 0 Å². The van der Waals surface area contributed by atoms with E-state index in [2.05, 4.69) is 25.1 Å². The highest BCUT2D eigenvalue weighted by Crippen LogP contribution is 2.19. The van der Waals surface area contributed by atoms with Gasteiger partial charge in [0.1, 0.15) is 11.6 Å². The normalized spacial score (nSPS) is 11.7. The molecule has 0 unspecified atom stereocenters. The minimum absolute atomic E-state index is 0.216. The second-order valence-electron chi connectivity index (χ2n) is 7.33. The first kappa shape index (κ1) is 21.0. The monoisotopic (exact) mass is 436 g/mol. The van der Waals surface area contributed by atoms with Crippen LogP contribution in [0.15, 0.2) is 59.5 Å². The number of benzene rings is 2. The van der Waals surface area contributed by atoms with Crippen molar-refractivity contribution in [1.29, 1.82) is 0 Å². The number of fused-ring (bicyclic) bond motifs is 1. The van der Waals surface area contributed by atoms with Crippen molar-refractivity contribution in [2.24, 2.45) is 0 Å². The number of aryl methyl sites for hydroxylation is 3. The number of hydrogen-bond acceptors (Lipinski definition) is 6. The number of hydrogen-bond donors (Lipinski definition) is 2. The SMILES string of the molecule is Cc1cc(C)n(-c2cc(NCCNS(=O)(=O)c3ccc4ccccc4c3)nc(C)n2)n1. The quantitative estimate of drug-likeness (QED) is 0.432. The van der Waals surface area contributed by atoms with Crippen molar-refractivity contribution < 1.29 is 8.42 Å². The predicted molar refractivity (Wildman–Crippen MR) is 121 cm³/mol. The molecule has 0 fully saturated rings. The third-order valence-electron chi connectivity index (χ3n) is 4.81. The van der Waals surface area contributed by atoms with Crippen LogP contribution in [0.1, 0.15) is 17.2 Å². The summed E-state index contributed by atoms with van der Waals surface area (Å²) in [6, 6.07) is 16.5. The summed E-state index contributed by atoms with van der Waals surface area (Å²) >= 11 is 0. The van der Waals surface area contributed by atoms with Gasteiger partial charge in [-0.15, -0.1) is 0 Å². The molecule has 0 aliphatic heterocycles. The summed E-state index contributed by atoms with van der Waals surface area (Å²) in [5.41, 5.74) is 1.89. The molecule has 0 saturated carbocycles. The fourth-order valence-corrected chi connectivity index (χ4v) is 4.47. The van der Waals surface area contributed by atoms with Crippen LogP contribution in [0.2, 0.25) is 0 Å². The van der Waals surface area contributed by atoms with E-state index in [9.17, 15) is 8.42 Å². The van der Waals surface area contributed by atoms with Crippen molar-refractivity contribution in [3.63, 3.8) is 0 Å². The molecular formula is C22H24N6O2S. The molecule has 0 saturated heterocycles. The fourth-order valence-electron chi connectivity index (χ4n) is 3.41. The minimum Gasteiger partial charge on any atom is -0.369 e. The molecule has 0 amide bonds. The Bertz CT molecular complexity index is 1350. The number of rotatable bonds is 7. The van der Waals surface area contributed by atoms with Crippen LogP contribution in [0.4, 0.5) is 5.82 Å². The van der Waals surface area contributed by atoms with Gasteiger partial charge < -0.3 is 5.32 Å². The molecule has 31 heavy (non-hydrogen) atoms. The summed E-state index contributed by atoms with van der Waals surface area (Å²) in [6.07, 6.45) is 0. The summed E-state index contributed by atoms with van der Waals surface area (Å²) in [7, 11) is -3.61. The van der Waals surface area contributed by atoms with E-state index < -0.39 is 10.0 Å². The van der Waals surface area contributed by atoms with Gasteiger partial charge in [-0.1, -0.05) is 30.3 Å². The maximum atomic E-state index is 12.6. The number of nitrogens with zero attached hydrogens (tertiary/aromatic N) is 4. The van der Waals surface area contributed by atoms with E-state index in [0.717, 1.165) is 22.2 Å². The smallest absolute Gasteiger partial charge is 0.240 e. The van der Waals surface area contributed by atoms with Gasteiger partial charge in [0.05, 0.1) is 10.6 Å². The Labute approximate surface area is 181 Å². The molecule has 2 aromatic carbocycles. The Morgan fingerprint density at radius 3 is 2.42 bits per heavy atom. The number of aromatic nitrogens is 4. The van der Waals surface area contributed by atoms with Crippen LogP contribution in [0.5, 0.6) is 0 Å². The van der Waals surface area contributed by atoms with Gasteiger partial charge in [-0.25, -0.2) is 27.8 Å². The van der Waals surface area contributed by atoms with E-state index >= 15 is 0 Å². The van der Waals surface area contributed by atoms with E-state index in [1.54, 1.807) is 22.9 Å². The first-order valence-corrected chi connectivity index (χ1v) is 11.4. The van der Waals surface area contributed by atoms with E-state index in [1.807, 2.05) is 57.2 Å². The van der Waals surface area contributed by atoms with Crippen LogP contribution in [0.25, 0.3) is 16.6 Å². The Balaban J connectivity index is 1.41. The van der Waals surface area contributed by atoms with Crippen molar-refractivity contribution in [3.05, 3.63) is 71.8 Å². The van der Waals surface area contributed by atoms with Gasteiger partial charge in [0.2, 0.25) is 10.0 Å². The fraction of sp³-hybridized carbons (Fsp3) is 0.227. The topological polar surface area (TPSA) is 102 Å². The van der Waals surface area contributed by atoms with E-state index in [-0.39, 0.29) is 11.4 Å². The average molecular weight is 437 g/mol. The van der Waals surface area contributed by atoms with Crippen molar-refractivity contribution in [3.8, 4) is 5.82 Å². The maximum Gasteiger partial charge on any atom is 0.240 e. The molecule has 0 aliphatic rings. The first-order valence-electron chi connectivity index (χ1n) is 9.93. The van der Waals surface area contributed by atoms with Gasteiger partial charge in [-0.05, 0) is 49.7 Å². The van der Waals surface area contributed by atoms with E-state index in [0.29, 0.717) is 24.0 Å². The Hall–Kier alpha value is -3.30. The van der Waals surface area contributed by atoms with Crippen molar-refractivity contribution >= 4 is 26.6 Å². The van der Waals surface area contributed by atoms with Gasteiger partial charge in [0, 0.05) is 24.8 Å². The lowest BCUT2D eigenvalue weighted by Crippen LogP contribution is -2.29. The van der Waals surface area contributed by atoms with Crippen LogP contribution in [-0.4, -0.2) is 41.3 Å². The highest BCUT2D eigenvalue weighted by Gasteiger charge is 2.14. The molecule has 2 N–H and O–H groups in total. The molecule has 2 heterocycles. The van der Waals surface area contributed by atoms with Gasteiger partial charge in [-0.3, -0.25) is 0 Å². The Morgan fingerprint density at radius 2 is 1.68 bits per heavy atom. The molecule has 160 valence electrons. The van der Waals surface area contributed by atoms with Crippen LogP contribution in [0.3, 0.4) is 0 Å². The summed E-state index contributed by atoms with van der Waals surface area (Å²) < 4.78 is 29.7. The van der Waals surface area contributed by atoms with E-state index in [1.165, 1.54) is 0 Å². The number of nitrogens with one attached hydrogen (secondary N) is 2. The predicted octanol–water partition coefficient (Wildman–Crippen LogP) is 3.13. The first-order chi connectivity index (χ1) is 14.8. The molecule has 8 nitrogen and oxygen atoms in total. The van der Waals surface area contributed by atoms with Crippen molar-refractivity contribution in [2.75, 3.05) is 18.4 Å². The second-order valence-corrected chi connectivity index (χ2v) is 9.10. The zero-order valence-electron chi connectivity index (χ0n) is 17.6. The molecule has 9 heteroatoms. The highest BCUT2D eigenvalue weighted by molar-refractivity contribution is 7.89. The lowest BCUT2D eigenvalue weighted by atomic mass is 10.1. The van der Waals surface area contributed by atoms with Gasteiger partial charge >= 0.3 is 0 Å². The lowest BCUT2D eigenvalue weighted by Gasteiger charge is -2.11. The summed E-state index contributed by atoms with van der Waals surface area (Å²) in [5, 5.41) is 9.50. The summed E-state index contributed by atoms with van der Waals surface area (Å²) in [5.74, 6) is 1.88. The van der Waals surface area contributed by atoms with Crippen LogP contribution >= 0.6 is 0 Å². The largest absolute Gasteiger partial charge is 0.369 e. The van der Waals surface area contributed by atoms with Gasteiger partial charge in [0.15, 0.2) is 5.82 Å². The molecule has 0 bridgehead atoms. The van der Waals surface area contributed by atoms with Crippen molar-refractivity contribution in [2.45, 2.75) is 25.7 Å². The Kier molecular flexibility index (Phi) is 5.71. The standard InChI is InChI=1S/C22H24N6O2S/c1-15-12-16(2)28(27-15)22-14-21(25-17(3)26-22)23-10-11-24-31(29,30)20-9-8-18-6-4-5-7-19(18)13-20/h4-9,12-14,24H,10-11H2,1-3H3,(H,23,25,26). The molecule has 2 aromatic heterocycles. The molecular weight excluding hydrogens is 412 g/mol. The number of sulfonamides is 1. The van der Waals surface area contributed by atoms with Crippen molar-refractivity contribution in [1.82, 2.24) is 24.5 Å². The third-order valence-corrected chi connectivity index (χ3v) is 6.26. The zero-order valence-corrected chi connectivity index (χ0v) is 18.4. The summed E-state index contributed by atoms with van der Waals surface area (Å²) in [6.45, 7) is 6.29. The molecule has 4 rings (SSSR count). The molecule has 0 spiro atoms. The average Bonchev–Trinajstić information content (AvgIpc) is 3.08. The molecule has 4 aromatic rings. The molecule has 0 radical (unpaired) electrons. The van der Waals surface area contributed by atoms with Crippen LogP contribution < -0.4 is 10.0 Å². The molecule has 0 aliphatic carbocycles. The molecule has 0 atom stereocenters. The van der Waals surface area contributed by atoms with E-state index in [4.69, 9.17) is 0 Å².